The number of ether oxygens (including phenoxy) is 1. The van der Waals surface area contributed by atoms with Crippen LogP contribution in [0.1, 0.15) is 26.7 Å². The lowest BCUT2D eigenvalue weighted by Crippen LogP contribution is -2.48. The Balaban J connectivity index is 4.82. The average molecular weight is 242 g/mol. The fraction of sp³-hybridized carbons (Fsp3) is 0.769. The van der Waals surface area contributed by atoms with Gasteiger partial charge in [0.25, 0.3) is 0 Å². The summed E-state index contributed by atoms with van der Waals surface area (Å²) in [6, 6.07) is 0. The zero-order valence-electron chi connectivity index (χ0n) is 11.4. The van der Waals surface area contributed by atoms with Crippen molar-refractivity contribution in [3.8, 4) is 0 Å². The predicted octanol–water partition coefficient (Wildman–Crippen LogP) is 1.41. The Hall–Kier alpha value is -0.870. The van der Waals surface area contributed by atoms with Crippen LogP contribution in [0.3, 0.4) is 0 Å². The Labute approximate surface area is 105 Å². The van der Waals surface area contributed by atoms with E-state index >= 15 is 0 Å². The SMILES string of the molecule is C=CCN(CCOC)C(=O)C(CC)(CC)CN. The maximum Gasteiger partial charge on any atom is 0.230 e. The third-order valence-corrected chi connectivity index (χ3v) is 3.40. The van der Waals surface area contributed by atoms with Crippen molar-refractivity contribution in [1.82, 2.24) is 4.90 Å². The molecule has 0 fully saturated rings. The van der Waals surface area contributed by atoms with Gasteiger partial charge in [-0.2, -0.15) is 0 Å². The van der Waals surface area contributed by atoms with Gasteiger partial charge in [-0.3, -0.25) is 4.79 Å². The second-order valence-corrected chi connectivity index (χ2v) is 4.22. The second kappa shape index (κ2) is 8.25. The molecular formula is C13H26N2O2. The van der Waals surface area contributed by atoms with E-state index < -0.39 is 5.41 Å². The van der Waals surface area contributed by atoms with E-state index in [-0.39, 0.29) is 5.91 Å². The van der Waals surface area contributed by atoms with Crippen molar-refractivity contribution < 1.29 is 9.53 Å². The second-order valence-electron chi connectivity index (χ2n) is 4.22. The van der Waals surface area contributed by atoms with Crippen LogP contribution < -0.4 is 5.73 Å². The molecule has 4 heteroatoms. The molecule has 0 aliphatic heterocycles. The molecule has 0 bridgehead atoms. The Bertz CT molecular complexity index is 229. The highest BCUT2D eigenvalue weighted by molar-refractivity contribution is 5.83. The molecule has 17 heavy (non-hydrogen) atoms. The number of amides is 1. The molecule has 0 unspecified atom stereocenters. The number of rotatable bonds is 9. The highest BCUT2D eigenvalue weighted by Crippen LogP contribution is 2.27. The van der Waals surface area contributed by atoms with Gasteiger partial charge < -0.3 is 15.4 Å². The van der Waals surface area contributed by atoms with Gasteiger partial charge in [0, 0.05) is 26.7 Å². The molecule has 0 saturated heterocycles. The largest absolute Gasteiger partial charge is 0.383 e. The molecule has 0 aliphatic rings. The van der Waals surface area contributed by atoms with Crippen LogP contribution >= 0.6 is 0 Å². The van der Waals surface area contributed by atoms with E-state index in [4.69, 9.17) is 10.5 Å². The smallest absolute Gasteiger partial charge is 0.230 e. The van der Waals surface area contributed by atoms with Crippen LogP contribution in [0.25, 0.3) is 0 Å². The van der Waals surface area contributed by atoms with E-state index in [1.54, 1.807) is 18.1 Å². The number of carbonyl (C=O) groups excluding carboxylic acids is 1. The first-order valence-electron chi connectivity index (χ1n) is 6.21. The molecule has 4 nitrogen and oxygen atoms in total. The van der Waals surface area contributed by atoms with Crippen molar-refractivity contribution in [2.75, 3.05) is 33.4 Å². The molecule has 0 radical (unpaired) electrons. The third-order valence-electron chi connectivity index (χ3n) is 3.40. The summed E-state index contributed by atoms with van der Waals surface area (Å²) in [5.74, 6) is 0.113. The lowest BCUT2D eigenvalue weighted by Gasteiger charge is -2.34. The fourth-order valence-corrected chi connectivity index (χ4v) is 1.90. The number of hydrogen-bond donors (Lipinski definition) is 1. The third kappa shape index (κ3) is 4.13. The van der Waals surface area contributed by atoms with E-state index in [0.29, 0.717) is 26.2 Å². The molecule has 0 aromatic rings. The highest BCUT2D eigenvalue weighted by atomic mass is 16.5. The van der Waals surface area contributed by atoms with Crippen molar-refractivity contribution in [1.29, 1.82) is 0 Å². The van der Waals surface area contributed by atoms with Gasteiger partial charge in [0.2, 0.25) is 5.91 Å². The normalized spacial score (nSPS) is 11.3. The number of carbonyl (C=O) groups is 1. The molecule has 0 atom stereocenters. The highest BCUT2D eigenvalue weighted by Gasteiger charge is 2.36. The molecule has 0 spiro atoms. The molecule has 2 N–H and O–H groups in total. The lowest BCUT2D eigenvalue weighted by molar-refractivity contribution is -0.142. The van der Waals surface area contributed by atoms with Crippen molar-refractivity contribution in [2.45, 2.75) is 26.7 Å². The Morgan fingerprint density at radius 2 is 2.06 bits per heavy atom. The minimum Gasteiger partial charge on any atom is -0.383 e. The average Bonchev–Trinajstić information content (AvgIpc) is 2.37. The number of nitrogens with two attached hydrogens (primary N) is 1. The summed E-state index contributed by atoms with van der Waals surface area (Å²) in [6.07, 6.45) is 3.26. The Morgan fingerprint density at radius 1 is 1.47 bits per heavy atom. The summed E-state index contributed by atoms with van der Waals surface area (Å²) >= 11 is 0. The summed E-state index contributed by atoms with van der Waals surface area (Å²) in [6.45, 7) is 9.76. The molecule has 0 heterocycles. The molecular weight excluding hydrogens is 216 g/mol. The quantitative estimate of drug-likeness (QED) is 0.622. The van der Waals surface area contributed by atoms with Crippen LogP contribution in [0.15, 0.2) is 12.7 Å². The first kappa shape index (κ1) is 16.1. The van der Waals surface area contributed by atoms with Gasteiger partial charge in [0.05, 0.1) is 12.0 Å². The summed E-state index contributed by atoms with van der Waals surface area (Å²) in [4.78, 5) is 14.3. The molecule has 100 valence electrons. The van der Waals surface area contributed by atoms with Crippen LogP contribution in [-0.4, -0.2) is 44.2 Å². The maximum absolute atomic E-state index is 12.5. The van der Waals surface area contributed by atoms with Crippen LogP contribution in [0.4, 0.5) is 0 Å². The molecule has 0 rings (SSSR count). The van der Waals surface area contributed by atoms with Crippen molar-refractivity contribution in [2.24, 2.45) is 11.1 Å². The van der Waals surface area contributed by atoms with Crippen LogP contribution in [0.5, 0.6) is 0 Å². The number of methoxy groups -OCH3 is 1. The zero-order valence-corrected chi connectivity index (χ0v) is 11.4. The molecule has 0 aliphatic carbocycles. The Kier molecular flexibility index (Phi) is 7.83. The lowest BCUT2D eigenvalue weighted by atomic mass is 9.81. The van der Waals surface area contributed by atoms with E-state index in [0.717, 1.165) is 12.8 Å². The molecule has 1 amide bonds. The van der Waals surface area contributed by atoms with Crippen molar-refractivity contribution >= 4 is 5.91 Å². The first-order valence-corrected chi connectivity index (χ1v) is 6.21. The van der Waals surface area contributed by atoms with Gasteiger partial charge in [0.1, 0.15) is 0 Å². The molecule has 0 aromatic carbocycles. The summed E-state index contributed by atoms with van der Waals surface area (Å²) < 4.78 is 5.02. The van der Waals surface area contributed by atoms with Crippen LogP contribution in [-0.2, 0) is 9.53 Å². The molecule has 0 aromatic heterocycles. The van der Waals surface area contributed by atoms with Gasteiger partial charge in [-0.15, -0.1) is 6.58 Å². The van der Waals surface area contributed by atoms with Gasteiger partial charge in [-0.05, 0) is 12.8 Å². The van der Waals surface area contributed by atoms with Gasteiger partial charge >= 0.3 is 0 Å². The van der Waals surface area contributed by atoms with Crippen LogP contribution in [0, 0.1) is 5.41 Å². The monoisotopic (exact) mass is 242 g/mol. The van der Waals surface area contributed by atoms with E-state index in [1.807, 2.05) is 13.8 Å². The minimum atomic E-state index is -0.434. The number of nitrogens with zero attached hydrogens (tertiary/aromatic N) is 1. The predicted molar refractivity (Wildman–Crippen MR) is 70.7 cm³/mol. The summed E-state index contributed by atoms with van der Waals surface area (Å²) in [5, 5.41) is 0. The van der Waals surface area contributed by atoms with E-state index in [1.165, 1.54) is 0 Å². The van der Waals surface area contributed by atoms with Gasteiger partial charge in [-0.25, -0.2) is 0 Å². The molecule has 0 saturated carbocycles. The van der Waals surface area contributed by atoms with Crippen molar-refractivity contribution in [3.05, 3.63) is 12.7 Å². The van der Waals surface area contributed by atoms with E-state index in [9.17, 15) is 4.79 Å². The van der Waals surface area contributed by atoms with E-state index in [2.05, 4.69) is 6.58 Å². The topological polar surface area (TPSA) is 55.6 Å². The first-order chi connectivity index (χ1) is 8.11. The number of hydrogen-bond acceptors (Lipinski definition) is 3. The summed E-state index contributed by atoms with van der Waals surface area (Å²) in [5.41, 5.74) is 5.35. The van der Waals surface area contributed by atoms with Crippen LogP contribution in [0.2, 0.25) is 0 Å². The van der Waals surface area contributed by atoms with Gasteiger partial charge in [-0.1, -0.05) is 19.9 Å². The van der Waals surface area contributed by atoms with Crippen molar-refractivity contribution in [3.63, 3.8) is 0 Å². The fourth-order valence-electron chi connectivity index (χ4n) is 1.90. The standard InChI is InChI=1S/C13H26N2O2/c1-5-8-15(9-10-17-4)12(16)13(6-2,7-3)11-14/h5H,1,6-11,14H2,2-4H3. The summed E-state index contributed by atoms with van der Waals surface area (Å²) in [7, 11) is 1.63. The van der Waals surface area contributed by atoms with Gasteiger partial charge in [0.15, 0.2) is 0 Å². The minimum absolute atomic E-state index is 0.113. The Morgan fingerprint density at radius 3 is 2.41 bits per heavy atom. The maximum atomic E-state index is 12.5. The zero-order chi connectivity index (χ0) is 13.3.